The van der Waals surface area contributed by atoms with Crippen molar-refractivity contribution in [3.05, 3.63) is 35.4 Å². The van der Waals surface area contributed by atoms with Crippen LogP contribution < -0.4 is 0 Å². The number of carboxylic acid groups (broad SMARTS) is 2. The van der Waals surface area contributed by atoms with Gasteiger partial charge >= 0.3 is 11.9 Å². The second-order valence-electron chi connectivity index (χ2n) is 6.49. The molecule has 0 unspecified atom stereocenters. The Morgan fingerprint density at radius 2 is 1.05 bits per heavy atom. The quantitative estimate of drug-likeness (QED) is 0.838. The van der Waals surface area contributed by atoms with Crippen LogP contribution >= 0.6 is 0 Å². The maximum absolute atomic E-state index is 10.9. The van der Waals surface area contributed by atoms with Gasteiger partial charge in [0.05, 0.1) is 12.8 Å². The lowest BCUT2D eigenvalue weighted by Crippen LogP contribution is -2.24. The van der Waals surface area contributed by atoms with Gasteiger partial charge in [0.25, 0.3) is 0 Å². The van der Waals surface area contributed by atoms with E-state index in [1.165, 1.54) is 0 Å². The smallest absolute Gasteiger partial charge is 0.304 e. The predicted octanol–water partition coefficient (Wildman–Crippen LogP) is 3.19. The van der Waals surface area contributed by atoms with Crippen LogP contribution in [0.4, 0.5) is 0 Å². The van der Waals surface area contributed by atoms with E-state index in [4.69, 9.17) is 10.2 Å². The summed E-state index contributed by atoms with van der Waals surface area (Å²) in [5.74, 6) is -1.66. The fourth-order valence-electron chi connectivity index (χ4n) is 2.33. The third kappa shape index (κ3) is 4.08. The van der Waals surface area contributed by atoms with E-state index in [1.54, 1.807) is 0 Å². The van der Waals surface area contributed by atoms with Crippen molar-refractivity contribution in [1.82, 2.24) is 0 Å². The number of carboxylic acids is 2. The van der Waals surface area contributed by atoms with Gasteiger partial charge in [-0.3, -0.25) is 9.59 Å². The molecule has 0 atom stereocenters. The molecule has 4 nitrogen and oxygen atoms in total. The molecule has 110 valence electrons. The summed E-state index contributed by atoms with van der Waals surface area (Å²) in [4.78, 5) is 21.7. The van der Waals surface area contributed by atoms with Crippen LogP contribution in [0, 0.1) is 0 Å². The van der Waals surface area contributed by atoms with Gasteiger partial charge in [0, 0.05) is 10.8 Å². The van der Waals surface area contributed by atoms with E-state index >= 15 is 0 Å². The Morgan fingerprint density at radius 1 is 0.800 bits per heavy atom. The predicted molar refractivity (Wildman–Crippen MR) is 77.0 cm³/mol. The molecule has 1 rings (SSSR count). The molecule has 1 aromatic carbocycles. The van der Waals surface area contributed by atoms with Gasteiger partial charge in [-0.15, -0.1) is 0 Å². The molecule has 0 spiro atoms. The zero-order chi connectivity index (χ0) is 15.6. The highest BCUT2D eigenvalue weighted by Crippen LogP contribution is 2.31. The van der Waals surface area contributed by atoms with Crippen molar-refractivity contribution in [3.8, 4) is 0 Å². The summed E-state index contributed by atoms with van der Waals surface area (Å²) < 4.78 is 0. The average molecular weight is 278 g/mol. The highest BCUT2D eigenvalue weighted by atomic mass is 16.4. The lowest BCUT2D eigenvalue weighted by molar-refractivity contribution is -0.139. The highest BCUT2D eigenvalue weighted by Gasteiger charge is 2.27. The van der Waals surface area contributed by atoms with Gasteiger partial charge in [0.15, 0.2) is 0 Å². The van der Waals surface area contributed by atoms with Crippen molar-refractivity contribution in [2.75, 3.05) is 0 Å². The van der Waals surface area contributed by atoms with Crippen LogP contribution in [0.3, 0.4) is 0 Å². The molecule has 0 saturated carbocycles. The third-order valence-electron chi connectivity index (χ3n) is 3.63. The number of carbonyl (C=O) groups is 2. The summed E-state index contributed by atoms with van der Waals surface area (Å²) in [6.45, 7) is 7.55. The van der Waals surface area contributed by atoms with Crippen molar-refractivity contribution in [3.63, 3.8) is 0 Å². The second-order valence-corrected chi connectivity index (χ2v) is 6.49. The molecule has 0 aliphatic heterocycles. The van der Waals surface area contributed by atoms with Gasteiger partial charge in [0.1, 0.15) is 0 Å². The lowest BCUT2D eigenvalue weighted by atomic mass is 9.77. The normalized spacial score (nSPS) is 12.2. The van der Waals surface area contributed by atoms with Gasteiger partial charge in [-0.25, -0.2) is 0 Å². The van der Waals surface area contributed by atoms with Gasteiger partial charge in [0.2, 0.25) is 0 Å². The van der Waals surface area contributed by atoms with Crippen LogP contribution in [0.2, 0.25) is 0 Å². The maximum atomic E-state index is 10.9. The first-order valence-corrected chi connectivity index (χ1v) is 6.59. The molecule has 0 saturated heterocycles. The molecule has 2 N–H and O–H groups in total. The molecular weight excluding hydrogens is 256 g/mol. The minimum atomic E-state index is -0.828. The summed E-state index contributed by atoms with van der Waals surface area (Å²) in [6.07, 6.45) is 0.121. The van der Waals surface area contributed by atoms with E-state index in [2.05, 4.69) is 0 Å². The minimum Gasteiger partial charge on any atom is -0.481 e. The molecule has 1 aromatic rings. The van der Waals surface area contributed by atoms with E-state index in [9.17, 15) is 9.59 Å². The van der Waals surface area contributed by atoms with Crippen LogP contribution in [0.5, 0.6) is 0 Å². The van der Waals surface area contributed by atoms with Crippen LogP contribution in [0.25, 0.3) is 0 Å². The number of hydrogen-bond donors (Lipinski definition) is 2. The molecule has 20 heavy (non-hydrogen) atoms. The zero-order valence-corrected chi connectivity index (χ0v) is 12.4. The number of rotatable bonds is 6. The van der Waals surface area contributed by atoms with Gasteiger partial charge in [-0.05, 0) is 11.1 Å². The molecule has 0 bridgehead atoms. The molecule has 0 aromatic heterocycles. The third-order valence-corrected chi connectivity index (χ3v) is 3.63. The van der Waals surface area contributed by atoms with Crippen LogP contribution in [0.15, 0.2) is 24.3 Å². The minimum absolute atomic E-state index is 0.0604. The molecule has 0 radical (unpaired) electrons. The maximum Gasteiger partial charge on any atom is 0.304 e. The van der Waals surface area contributed by atoms with Gasteiger partial charge in [-0.1, -0.05) is 52.0 Å². The van der Waals surface area contributed by atoms with E-state index in [0.29, 0.717) is 0 Å². The molecule has 0 heterocycles. The Morgan fingerprint density at radius 3 is 1.25 bits per heavy atom. The molecule has 0 aliphatic rings. The molecule has 0 aliphatic carbocycles. The Labute approximate surface area is 119 Å². The summed E-state index contributed by atoms with van der Waals surface area (Å²) in [5.41, 5.74) is 0.993. The van der Waals surface area contributed by atoms with Gasteiger partial charge in [-0.2, -0.15) is 0 Å². The first-order chi connectivity index (χ1) is 9.04. The van der Waals surface area contributed by atoms with Crippen molar-refractivity contribution < 1.29 is 19.8 Å². The lowest BCUT2D eigenvalue weighted by Gasteiger charge is -2.26. The Hall–Kier alpha value is -1.84. The molecular formula is C16H22O4. The first-order valence-electron chi connectivity index (χ1n) is 6.59. The van der Waals surface area contributed by atoms with Crippen LogP contribution in [-0.4, -0.2) is 22.2 Å². The number of benzene rings is 1. The SMILES string of the molecule is CC(C)(CC(=O)O)c1ccc(C(C)(C)CC(=O)O)cc1. The summed E-state index contributed by atoms with van der Waals surface area (Å²) in [7, 11) is 0. The second kappa shape index (κ2) is 5.65. The number of aliphatic carboxylic acids is 2. The van der Waals surface area contributed by atoms with Crippen LogP contribution in [0.1, 0.15) is 51.7 Å². The summed E-state index contributed by atoms with van der Waals surface area (Å²) >= 11 is 0. The van der Waals surface area contributed by atoms with Crippen molar-refractivity contribution >= 4 is 11.9 Å². The average Bonchev–Trinajstić information content (AvgIpc) is 2.25. The fourth-order valence-corrected chi connectivity index (χ4v) is 2.33. The number of hydrogen-bond acceptors (Lipinski definition) is 2. The largest absolute Gasteiger partial charge is 0.481 e. The zero-order valence-electron chi connectivity index (χ0n) is 12.4. The molecule has 0 fully saturated rings. The Bertz CT molecular complexity index is 451. The van der Waals surface area contributed by atoms with Crippen molar-refractivity contribution in [2.45, 2.75) is 51.4 Å². The van der Waals surface area contributed by atoms with E-state index in [0.717, 1.165) is 11.1 Å². The first kappa shape index (κ1) is 16.2. The van der Waals surface area contributed by atoms with E-state index in [1.807, 2.05) is 52.0 Å². The summed E-state index contributed by atoms with van der Waals surface area (Å²) in [6, 6.07) is 7.56. The Kier molecular flexibility index (Phi) is 4.58. The van der Waals surface area contributed by atoms with E-state index in [-0.39, 0.29) is 12.8 Å². The van der Waals surface area contributed by atoms with Gasteiger partial charge < -0.3 is 10.2 Å². The standard InChI is InChI=1S/C16H22O4/c1-15(2,9-13(17)18)11-5-7-12(8-6-11)16(3,4)10-14(19)20/h5-8H,9-10H2,1-4H3,(H,17,18)(H,19,20). The monoisotopic (exact) mass is 278 g/mol. The molecule has 0 amide bonds. The van der Waals surface area contributed by atoms with Crippen molar-refractivity contribution in [2.24, 2.45) is 0 Å². The summed E-state index contributed by atoms with van der Waals surface area (Å²) in [5, 5.41) is 17.9. The van der Waals surface area contributed by atoms with Crippen LogP contribution in [-0.2, 0) is 20.4 Å². The topological polar surface area (TPSA) is 74.6 Å². The Balaban J connectivity index is 2.99. The van der Waals surface area contributed by atoms with Crippen molar-refractivity contribution in [1.29, 1.82) is 0 Å². The highest BCUT2D eigenvalue weighted by molar-refractivity contribution is 5.69. The van der Waals surface area contributed by atoms with E-state index < -0.39 is 22.8 Å². The molecule has 4 heteroatoms. The fraction of sp³-hybridized carbons (Fsp3) is 0.500.